The van der Waals surface area contributed by atoms with Crippen molar-refractivity contribution in [2.75, 3.05) is 20.6 Å². The van der Waals surface area contributed by atoms with Crippen LogP contribution in [0, 0.1) is 0 Å². The third kappa shape index (κ3) is 1.96. The lowest BCUT2D eigenvalue weighted by molar-refractivity contribution is 0.221. The molecular formula is C8H18N2. The molecule has 60 valence electrons. The highest BCUT2D eigenvalue weighted by Gasteiger charge is 2.18. The van der Waals surface area contributed by atoms with E-state index in [1.807, 2.05) is 0 Å². The van der Waals surface area contributed by atoms with Crippen LogP contribution in [-0.2, 0) is 0 Å². The summed E-state index contributed by atoms with van der Waals surface area (Å²) in [6, 6.07) is 1.49. The van der Waals surface area contributed by atoms with Gasteiger partial charge in [-0.05, 0) is 33.9 Å². The fourth-order valence-corrected chi connectivity index (χ4v) is 1.42. The lowest BCUT2D eigenvalue weighted by atomic mass is 10.0. The molecule has 2 atom stereocenters. The standard InChI is InChI=1S/C8H18N2/c1-7-4-5-8(6-9-7)10(2)3/h7-9H,4-6H2,1-3H3/t7-,8-/m1/s1. The Balaban J connectivity index is 2.26. The molecule has 0 aromatic rings. The Bertz CT molecular complexity index is 93.4. The fraction of sp³-hybridized carbons (Fsp3) is 1.00. The number of rotatable bonds is 1. The Hall–Kier alpha value is -0.0800. The SMILES string of the molecule is C[C@@H]1CC[C@@H](N(C)C)CN1. The van der Waals surface area contributed by atoms with E-state index in [4.69, 9.17) is 0 Å². The average Bonchev–Trinajstić information content (AvgIpc) is 1.88. The molecule has 0 spiro atoms. The quantitative estimate of drug-likeness (QED) is 0.579. The summed E-state index contributed by atoms with van der Waals surface area (Å²) in [6.45, 7) is 3.42. The van der Waals surface area contributed by atoms with Crippen molar-refractivity contribution in [1.82, 2.24) is 10.2 Å². The Morgan fingerprint density at radius 3 is 2.40 bits per heavy atom. The van der Waals surface area contributed by atoms with Gasteiger partial charge in [0.05, 0.1) is 0 Å². The van der Waals surface area contributed by atoms with E-state index in [1.54, 1.807) is 0 Å². The molecule has 2 heteroatoms. The molecule has 2 nitrogen and oxygen atoms in total. The third-order valence-electron chi connectivity index (χ3n) is 2.37. The summed E-state index contributed by atoms with van der Waals surface area (Å²) < 4.78 is 0. The second-order valence-corrected chi connectivity index (χ2v) is 3.50. The summed E-state index contributed by atoms with van der Waals surface area (Å²) in [5.41, 5.74) is 0. The maximum absolute atomic E-state index is 3.47. The molecule has 1 aliphatic heterocycles. The first kappa shape index (κ1) is 8.02. The first-order valence-corrected chi connectivity index (χ1v) is 4.10. The molecule has 1 N–H and O–H groups in total. The van der Waals surface area contributed by atoms with Gasteiger partial charge in [0.25, 0.3) is 0 Å². The van der Waals surface area contributed by atoms with Crippen molar-refractivity contribution >= 4 is 0 Å². The van der Waals surface area contributed by atoms with Gasteiger partial charge in [0.2, 0.25) is 0 Å². The maximum atomic E-state index is 3.47. The molecule has 1 saturated heterocycles. The van der Waals surface area contributed by atoms with Crippen LogP contribution >= 0.6 is 0 Å². The minimum atomic E-state index is 0.733. The average molecular weight is 142 g/mol. The van der Waals surface area contributed by atoms with Gasteiger partial charge < -0.3 is 10.2 Å². The van der Waals surface area contributed by atoms with Crippen molar-refractivity contribution in [2.24, 2.45) is 0 Å². The molecule has 1 fully saturated rings. The molecule has 0 bridgehead atoms. The van der Waals surface area contributed by atoms with Gasteiger partial charge in [0.1, 0.15) is 0 Å². The topological polar surface area (TPSA) is 15.3 Å². The van der Waals surface area contributed by atoms with Gasteiger partial charge in [-0.3, -0.25) is 0 Å². The van der Waals surface area contributed by atoms with Crippen molar-refractivity contribution in [2.45, 2.75) is 31.8 Å². The van der Waals surface area contributed by atoms with Crippen LogP contribution in [0.4, 0.5) is 0 Å². The second kappa shape index (κ2) is 3.35. The van der Waals surface area contributed by atoms with E-state index in [-0.39, 0.29) is 0 Å². The molecule has 0 saturated carbocycles. The Labute approximate surface area is 63.6 Å². The van der Waals surface area contributed by atoms with Crippen LogP contribution in [-0.4, -0.2) is 37.6 Å². The van der Waals surface area contributed by atoms with Crippen molar-refractivity contribution in [3.63, 3.8) is 0 Å². The van der Waals surface area contributed by atoms with Crippen molar-refractivity contribution in [1.29, 1.82) is 0 Å². The molecule has 0 aromatic heterocycles. The van der Waals surface area contributed by atoms with E-state index in [1.165, 1.54) is 12.8 Å². The van der Waals surface area contributed by atoms with E-state index in [9.17, 15) is 0 Å². The molecule has 0 aromatic carbocycles. The van der Waals surface area contributed by atoms with Gasteiger partial charge in [-0.15, -0.1) is 0 Å². The van der Waals surface area contributed by atoms with E-state index in [2.05, 4.69) is 31.2 Å². The maximum Gasteiger partial charge on any atom is 0.0215 e. The lowest BCUT2D eigenvalue weighted by Gasteiger charge is -2.31. The number of hydrogen-bond acceptors (Lipinski definition) is 2. The summed E-state index contributed by atoms with van der Waals surface area (Å²) >= 11 is 0. The van der Waals surface area contributed by atoms with Crippen LogP contribution in [0.15, 0.2) is 0 Å². The van der Waals surface area contributed by atoms with Crippen LogP contribution < -0.4 is 5.32 Å². The van der Waals surface area contributed by atoms with Crippen LogP contribution in [0.5, 0.6) is 0 Å². The van der Waals surface area contributed by atoms with Crippen molar-refractivity contribution < 1.29 is 0 Å². The largest absolute Gasteiger partial charge is 0.313 e. The van der Waals surface area contributed by atoms with Crippen molar-refractivity contribution in [3.8, 4) is 0 Å². The number of likely N-dealkylation sites (N-methyl/N-ethyl adjacent to an activating group) is 1. The van der Waals surface area contributed by atoms with Crippen LogP contribution in [0.1, 0.15) is 19.8 Å². The highest BCUT2D eigenvalue weighted by atomic mass is 15.1. The van der Waals surface area contributed by atoms with E-state index in [0.29, 0.717) is 0 Å². The lowest BCUT2D eigenvalue weighted by Crippen LogP contribution is -2.46. The number of hydrogen-bond donors (Lipinski definition) is 1. The first-order chi connectivity index (χ1) is 4.70. The Kier molecular flexibility index (Phi) is 2.69. The first-order valence-electron chi connectivity index (χ1n) is 4.10. The third-order valence-corrected chi connectivity index (χ3v) is 2.37. The predicted molar refractivity (Wildman–Crippen MR) is 44.2 cm³/mol. The highest BCUT2D eigenvalue weighted by Crippen LogP contribution is 2.10. The van der Waals surface area contributed by atoms with Crippen LogP contribution in [0.2, 0.25) is 0 Å². The monoisotopic (exact) mass is 142 g/mol. The zero-order valence-electron chi connectivity index (χ0n) is 7.22. The summed E-state index contributed by atoms with van der Waals surface area (Å²) in [7, 11) is 4.31. The predicted octanol–water partition coefficient (Wildman–Crippen LogP) is 0.688. The number of nitrogens with zero attached hydrogens (tertiary/aromatic N) is 1. The zero-order chi connectivity index (χ0) is 7.56. The summed E-state index contributed by atoms with van der Waals surface area (Å²) in [5.74, 6) is 0. The summed E-state index contributed by atoms with van der Waals surface area (Å²) in [6.07, 6.45) is 2.67. The second-order valence-electron chi connectivity index (χ2n) is 3.50. The molecule has 0 aliphatic carbocycles. The molecule has 1 rings (SSSR count). The van der Waals surface area contributed by atoms with E-state index in [0.717, 1.165) is 18.6 Å². The minimum absolute atomic E-state index is 0.733. The molecule has 0 unspecified atom stereocenters. The Morgan fingerprint density at radius 1 is 1.30 bits per heavy atom. The summed E-state index contributed by atoms with van der Waals surface area (Å²) in [5, 5.41) is 3.47. The van der Waals surface area contributed by atoms with Gasteiger partial charge >= 0.3 is 0 Å². The summed E-state index contributed by atoms with van der Waals surface area (Å²) in [4.78, 5) is 2.30. The van der Waals surface area contributed by atoms with Gasteiger partial charge in [-0.25, -0.2) is 0 Å². The Morgan fingerprint density at radius 2 is 2.00 bits per heavy atom. The molecule has 0 radical (unpaired) electrons. The minimum Gasteiger partial charge on any atom is -0.313 e. The number of nitrogens with one attached hydrogen (secondary N) is 1. The molecule has 1 aliphatic rings. The van der Waals surface area contributed by atoms with Gasteiger partial charge in [-0.1, -0.05) is 0 Å². The zero-order valence-corrected chi connectivity index (χ0v) is 7.22. The molecule has 0 amide bonds. The van der Waals surface area contributed by atoms with Gasteiger partial charge in [0, 0.05) is 18.6 Å². The van der Waals surface area contributed by atoms with Crippen molar-refractivity contribution in [3.05, 3.63) is 0 Å². The molecular weight excluding hydrogens is 124 g/mol. The smallest absolute Gasteiger partial charge is 0.0215 e. The van der Waals surface area contributed by atoms with Crippen LogP contribution in [0.25, 0.3) is 0 Å². The fourth-order valence-electron chi connectivity index (χ4n) is 1.42. The molecule has 10 heavy (non-hydrogen) atoms. The van der Waals surface area contributed by atoms with E-state index < -0.39 is 0 Å². The highest BCUT2D eigenvalue weighted by molar-refractivity contribution is 4.78. The van der Waals surface area contributed by atoms with Gasteiger partial charge in [-0.2, -0.15) is 0 Å². The van der Waals surface area contributed by atoms with E-state index >= 15 is 0 Å². The molecule has 1 heterocycles. The number of piperidine rings is 1. The normalized spacial score (nSPS) is 34.8. The van der Waals surface area contributed by atoms with Gasteiger partial charge in [0.15, 0.2) is 0 Å². The van der Waals surface area contributed by atoms with Crippen LogP contribution in [0.3, 0.4) is 0 Å².